The van der Waals surface area contributed by atoms with Gasteiger partial charge >= 0.3 is 0 Å². The Hall–Kier alpha value is -3.13. The first-order chi connectivity index (χ1) is 13.2. The second-order valence-corrected chi connectivity index (χ2v) is 7.32. The van der Waals surface area contributed by atoms with Crippen molar-refractivity contribution in [1.29, 1.82) is 0 Å². The van der Waals surface area contributed by atoms with Gasteiger partial charge < -0.3 is 4.42 Å². The number of hydrogen-bond donors (Lipinski definition) is 0. The molecule has 132 valence electrons. The summed E-state index contributed by atoms with van der Waals surface area (Å²) in [7, 11) is 2.10. The number of benzene rings is 3. The molecule has 0 saturated heterocycles. The minimum Gasteiger partial charge on any atom is -0.455 e. The summed E-state index contributed by atoms with van der Waals surface area (Å²) < 4.78 is 8.63. The molecule has 0 spiro atoms. The van der Waals surface area contributed by atoms with Crippen molar-refractivity contribution in [3.63, 3.8) is 0 Å². The van der Waals surface area contributed by atoms with Crippen molar-refractivity contribution in [3.8, 4) is 11.3 Å². The number of hydrogen-bond acceptors (Lipinski definition) is 1. The molecule has 5 aromatic rings. The van der Waals surface area contributed by atoms with Crippen LogP contribution in [-0.2, 0) is 13.5 Å². The van der Waals surface area contributed by atoms with Crippen LogP contribution >= 0.6 is 0 Å². The Morgan fingerprint density at radius 2 is 1.67 bits per heavy atom. The van der Waals surface area contributed by atoms with Gasteiger partial charge in [-0.3, -0.25) is 0 Å². The maximum absolute atomic E-state index is 6.44. The van der Waals surface area contributed by atoms with Crippen LogP contribution in [0.4, 0.5) is 0 Å². The summed E-state index contributed by atoms with van der Waals surface area (Å²) in [5.74, 6) is 0. The number of furan rings is 1. The molecule has 0 unspecified atom stereocenters. The summed E-state index contributed by atoms with van der Waals surface area (Å²) >= 11 is 0. The van der Waals surface area contributed by atoms with Crippen molar-refractivity contribution in [2.45, 2.75) is 20.3 Å². The normalized spacial score (nSPS) is 11.7. The highest BCUT2D eigenvalue weighted by Gasteiger charge is 2.21. The Balaban J connectivity index is 1.90. The van der Waals surface area contributed by atoms with Crippen molar-refractivity contribution in [3.05, 3.63) is 78.0 Å². The lowest BCUT2D eigenvalue weighted by molar-refractivity contribution is -0.660. The van der Waals surface area contributed by atoms with E-state index in [1.807, 2.05) is 0 Å². The molecule has 0 radical (unpaired) electrons. The highest BCUT2D eigenvalue weighted by atomic mass is 16.3. The molecular formula is C25H22NO+. The summed E-state index contributed by atoms with van der Waals surface area (Å²) in [5, 5.41) is 4.81. The van der Waals surface area contributed by atoms with Crippen LogP contribution in [0, 0.1) is 6.92 Å². The van der Waals surface area contributed by atoms with Crippen LogP contribution < -0.4 is 4.57 Å². The predicted octanol–water partition coefficient (Wildman–Crippen LogP) is 6.10. The molecule has 5 rings (SSSR count). The fraction of sp³-hybridized carbons (Fsp3) is 0.160. The molecule has 0 amide bonds. The molecule has 0 atom stereocenters. The summed E-state index contributed by atoms with van der Waals surface area (Å²) in [4.78, 5) is 0. The molecule has 0 fully saturated rings. The van der Waals surface area contributed by atoms with Crippen molar-refractivity contribution >= 4 is 32.7 Å². The van der Waals surface area contributed by atoms with Gasteiger partial charge in [-0.05, 0) is 47.4 Å². The molecule has 2 heteroatoms. The first-order valence-electron chi connectivity index (χ1n) is 9.49. The molecule has 2 nitrogen and oxygen atoms in total. The average molecular weight is 352 g/mol. The van der Waals surface area contributed by atoms with Crippen molar-refractivity contribution < 1.29 is 8.98 Å². The predicted molar refractivity (Wildman–Crippen MR) is 112 cm³/mol. The van der Waals surface area contributed by atoms with Crippen LogP contribution in [0.2, 0.25) is 0 Å². The SMILES string of the molecule is CCc1cc[n+](C)c(-c2c(C)ccc3c2oc2cc4ccccc4cc23)c1. The standard InChI is InChI=1S/C25H22NO/c1-4-17-11-12-26(3)22(13-17)24-16(2)9-10-20-21-14-18-7-5-6-8-19(18)15-23(21)27-25(20)24/h5-15H,4H2,1-3H3/q+1. The Kier molecular flexibility index (Phi) is 3.54. The zero-order valence-corrected chi connectivity index (χ0v) is 15.9. The van der Waals surface area contributed by atoms with Gasteiger partial charge in [0.05, 0.1) is 5.56 Å². The zero-order valence-electron chi connectivity index (χ0n) is 15.9. The molecule has 0 aliphatic heterocycles. The summed E-state index contributed by atoms with van der Waals surface area (Å²) in [5.41, 5.74) is 6.87. The number of rotatable bonds is 2. The highest BCUT2D eigenvalue weighted by Crippen LogP contribution is 2.38. The number of aromatic nitrogens is 1. The molecular weight excluding hydrogens is 330 g/mol. The zero-order chi connectivity index (χ0) is 18.5. The van der Waals surface area contributed by atoms with E-state index in [1.54, 1.807) is 0 Å². The van der Waals surface area contributed by atoms with Crippen LogP contribution in [0.3, 0.4) is 0 Å². The Labute approximate surface area is 158 Å². The van der Waals surface area contributed by atoms with E-state index in [2.05, 4.69) is 92.3 Å². The maximum atomic E-state index is 6.44. The minimum atomic E-state index is 0.949. The van der Waals surface area contributed by atoms with Crippen LogP contribution in [0.1, 0.15) is 18.1 Å². The third-order valence-corrected chi connectivity index (χ3v) is 5.59. The van der Waals surface area contributed by atoms with E-state index in [4.69, 9.17) is 4.42 Å². The topological polar surface area (TPSA) is 17.0 Å². The Morgan fingerprint density at radius 1 is 0.889 bits per heavy atom. The second kappa shape index (κ2) is 5.95. The first kappa shape index (κ1) is 16.1. The molecule has 2 aromatic heterocycles. The van der Waals surface area contributed by atoms with E-state index in [9.17, 15) is 0 Å². The fourth-order valence-electron chi connectivity index (χ4n) is 4.02. The third-order valence-electron chi connectivity index (χ3n) is 5.59. The molecule has 0 N–H and O–H groups in total. The largest absolute Gasteiger partial charge is 0.455 e. The number of aryl methyl sites for hydroxylation is 3. The van der Waals surface area contributed by atoms with Gasteiger partial charge in [-0.2, -0.15) is 0 Å². The Morgan fingerprint density at radius 3 is 2.44 bits per heavy atom. The summed E-state index contributed by atoms with van der Waals surface area (Å²) in [6, 6.07) is 21.7. The molecule has 3 aromatic carbocycles. The van der Waals surface area contributed by atoms with Gasteiger partial charge in [0, 0.05) is 22.9 Å². The van der Waals surface area contributed by atoms with Gasteiger partial charge in [-0.1, -0.05) is 43.3 Å². The van der Waals surface area contributed by atoms with E-state index in [1.165, 1.54) is 43.9 Å². The van der Waals surface area contributed by atoms with E-state index >= 15 is 0 Å². The van der Waals surface area contributed by atoms with Crippen LogP contribution in [-0.4, -0.2) is 0 Å². The maximum Gasteiger partial charge on any atom is 0.216 e. The van der Waals surface area contributed by atoms with Gasteiger partial charge in [0.15, 0.2) is 6.20 Å². The monoisotopic (exact) mass is 352 g/mol. The van der Waals surface area contributed by atoms with Crippen molar-refractivity contribution in [2.75, 3.05) is 0 Å². The first-order valence-corrected chi connectivity index (χ1v) is 9.49. The van der Waals surface area contributed by atoms with E-state index in [0.29, 0.717) is 0 Å². The molecule has 0 bridgehead atoms. The molecule has 27 heavy (non-hydrogen) atoms. The van der Waals surface area contributed by atoms with Crippen LogP contribution in [0.5, 0.6) is 0 Å². The Bertz CT molecular complexity index is 1330. The molecule has 0 aliphatic rings. The molecule has 0 saturated carbocycles. The fourth-order valence-corrected chi connectivity index (χ4v) is 4.02. The second-order valence-electron chi connectivity index (χ2n) is 7.32. The van der Waals surface area contributed by atoms with E-state index < -0.39 is 0 Å². The average Bonchev–Trinajstić information content (AvgIpc) is 3.04. The van der Waals surface area contributed by atoms with Gasteiger partial charge in [0.2, 0.25) is 5.69 Å². The van der Waals surface area contributed by atoms with Crippen LogP contribution in [0.15, 0.2) is 71.3 Å². The number of pyridine rings is 1. The van der Waals surface area contributed by atoms with Gasteiger partial charge in [0.1, 0.15) is 18.2 Å². The van der Waals surface area contributed by atoms with Crippen LogP contribution in [0.25, 0.3) is 44.0 Å². The summed E-state index contributed by atoms with van der Waals surface area (Å²) in [6.45, 7) is 4.36. The smallest absolute Gasteiger partial charge is 0.216 e. The lowest BCUT2D eigenvalue weighted by Crippen LogP contribution is -2.30. The number of nitrogens with zero attached hydrogens (tertiary/aromatic N) is 1. The lowest BCUT2D eigenvalue weighted by atomic mass is 9.98. The number of fused-ring (bicyclic) bond motifs is 4. The molecule has 2 heterocycles. The van der Waals surface area contributed by atoms with Crippen molar-refractivity contribution in [2.24, 2.45) is 7.05 Å². The van der Waals surface area contributed by atoms with Gasteiger partial charge in [0.25, 0.3) is 0 Å². The third kappa shape index (κ3) is 2.44. The minimum absolute atomic E-state index is 0.949. The van der Waals surface area contributed by atoms with E-state index in [-0.39, 0.29) is 0 Å². The van der Waals surface area contributed by atoms with Gasteiger partial charge in [-0.15, -0.1) is 0 Å². The molecule has 0 aliphatic carbocycles. The lowest BCUT2D eigenvalue weighted by Gasteiger charge is -2.07. The van der Waals surface area contributed by atoms with E-state index in [0.717, 1.165) is 17.6 Å². The quantitative estimate of drug-likeness (QED) is 0.351. The summed E-state index contributed by atoms with van der Waals surface area (Å²) in [6.07, 6.45) is 3.16. The van der Waals surface area contributed by atoms with Crippen molar-refractivity contribution in [1.82, 2.24) is 0 Å². The highest BCUT2D eigenvalue weighted by molar-refractivity contribution is 6.13. The van der Waals surface area contributed by atoms with Gasteiger partial charge in [-0.25, -0.2) is 4.57 Å².